The van der Waals surface area contributed by atoms with Gasteiger partial charge in [0.2, 0.25) is 11.8 Å². The smallest absolute Gasteiger partial charge is 0.271 e. The first-order valence-electron chi connectivity index (χ1n) is 16.4. The number of hydrogen-bond acceptors (Lipinski definition) is 9. The first-order valence-corrected chi connectivity index (χ1v) is 17.3. The summed E-state index contributed by atoms with van der Waals surface area (Å²) in [5.41, 5.74) is 1.25. The molecule has 2 bridgehead atoms. The second-order valence-corrected chi connectivity index (χ2v) is 14.1. The van der Waals surface area contributed by atoms with Crippen LogP contribution in [0.5, 0.6) is 0 Å². The van der Waals surface area contributed by atoms with E-state index in [9.17, 15) is 14.4 Å². The van der Waals surface area contributed by atoms with Gasteiger partial charge >= 0.3 is 0 Å². The van der Waals surface area contributed by atoms with Crippen LogP contribution in [0.3, 0.4) is 0 Å². The third-order valence-corrected chi connectivity index (χ3v) is 9.31. The molecule has 3 N–H and O–H groups in total. The molecule has 1 aromatic carbocycles. The number of nitrogens with zero attached hydrogens (tertiary/aromatic N) is 7. The summed E-state index contributed by atoms with van der Waals surface area (Å²) >= 11 is 1.36. The zero-order chi connectivity index (χ0) is 34.4. The molecule has 1 aliphatic heterocycles. The van der Waals surface area contributed by atoms with Crippen molar-refractivity contribution in [3.8, 4) is 0 Å². The zero-order valence-electron chi connectivity index (χ0n) is 28.5. The molecular formula is C34H46N10O3S. The molecule has 13 nitrogen and oxygen atoms in total. The highest BCUT2D eigenvalue weighted by Gasteiger charge is 2.29. The Bertz CT molecular complexity index is 1700. The Morgan fingerprint density at radius 2 is 1.71 bits per heavy atom. The molecule has 256 valence electrons. The van der Waals surface area contributed by atoms with Crippen LogP contribution in [0.1, 0.15) is 84.7 Å². The lowest BCUT2D eigenvalue weighted by atomic mass is 10.0. The fourth-order valence-electron chi connectivity index (χ4n) is 5.85. The van der Waals surface area contributed by atoms with Crippen LogP contribution in [-0.2, 0) is 36.1 Å². The minimum atomic E-state index is -0.585. The summed E-state index contributed by atoms with van der Waals surface area (Å²) in [5.74, 6) is 1.34. The van der Waals surface area contributed by atoms with Crippen molar-refractivity contribution in [2.24, 2.45) is 18.9 Å². The number of fused-ring (bicyclic) bond motifs is 3. The van der Waals surface area contributed by atoms with Crippen LogP contribution in [0.4, 0.5) is 0 Å². The molecule has 5 rings (SSSR count). The summed E-state index contributed by atoms with van der Waals surface area (Å²) in [5, 5.41) is 16.5. The average Bonchev–Trinajstić information content (AvgIpc) is 3.76. The number of carbonyl (C=O) groups excluding carboxylic acids is 3. The number of thiazole rings is 1. The summed E-state index contributed by atoms with van der Waals surface area (Å²) in [4.78, 5) is 57.0. The van der Waals surface area contributed by atoms with Crippen molar-refractivity contribution in [2.45, 2.75) is 78.7 Å². The van der Waals surface area contributed by atoms with Gasteiger partial charge < -0.3 is 20.5 Å². The maximum Gasteiger partial charge on any atom is 0.271 e. The first-order chi connectivity index (χ1) is 22.9. The number of aromatic nitrogens is 6. The van der Waals surface area contributed by atoms with E-state index in [-0.39, 0.29) is 60.4 Å². The van der Waals surface area contributed by atoms with E-state index in [4.69, 9.17) is 9.97 Å². The molecule has 4 aromatic rings. The Labute approximate surface area is 285 Å². The molecule has 0 spiro atoms. The second kappa shape index (κ2) is 15.6. The van der Waals surface area contributed by atoms with E-state index in [0.29, 0.717) is 42.6 Å². The van der Waals surface area contributed by atoms with Gasteiger partial charge in [0.15, 0.2) is 5.82 Å². The SMILES string of the molecule is Cc1nc2n(n1)CC(=O)N[C@@H](C(C)C)CN(Cc1nccn1C)CC(=O)N[C@@H](CC(C)C)c1nc(cs1)C(=O)N[C@H]2Cc1ccccc1. The van der Waals surface area contributed by atoms with E-state index >= 15 is 0 Å². The number of hydrogen-bond donors (Lipinski definition) is 3. The van der Waals surface area contributed by atoms with Gasteiger partial charge in [-0.15, -0.1) is 11.3 Å². The molecule has 3 atom stereocenters. The highest BCUT2D eigenvalue weighted by atomic mass is 32.1. The Morgan fingerprint density at radius 3 is 2.40 bits per heavy atom. The fraction of sp³-hybridized carbons (Fsp3) is 0.500. The lowest BCUT2D eigenvalue weighted by molar-refractivity contribution is -0.123. The number of rotatable bonds is 7. The van der Waals surface area contributed by atoms with Gasteiger partial charge in [0.25, 0.3) is 5.91 Å². The van der Waals surface area contributed by atoms with Crippen LogP contribution in [-0.4, -0.2) is 71.1 Å². The molecule has 48 heavy (non-hydrogen) atoms. The third-order valence-electron chi connectivity index (χ3n) is 8.35. The van der Waals surface area contributed by atoms with Crippen LogP contribution >= 0.6 is 11.3 Å². The van der Waals surface area contributed by atoms with Gasteiger partial charge in [0.1, 0.15) is 28.9 Å². The van der Waals surface area contributed by atoms with Gasteiger partial charge in [-0.05, 0) is 37.2 Å². The zero-order valence-corrected chi connectivity index (χ0v) is 29.3. The summed E-state index contributed by atoms with van der Waals surface area (Å²) < 4.78 is 3.50. The summed E-state index contributed by atoms with van der Waals surface area (Å²) in [6.07, 6.45) is 4.70. The van der Waals surface area contributed by atoms with E-state index < -0.39 is 6.04 Å². The lowest BCUT2D eigenvalue weighted by Crippen LogP contribution is -2.50. The standard InChI is InChI=1S/C34H46N10O3S/c1-21(2)14-26-34-40-28(20-48-34)33(47)39-25(15-24-10-8-7-9-11-24)32-36-23(5)41-44(32)19-31(46)38-27(22(3)4)16-43(18-30(45)37-26)17-29-35-12-13-42(29)6/h7-13,20-22,25-27H,14-19H2,1-6H3,(H,37,45)(H,38,46)(H,39,47)/t25-,26-,27+/m0/s1. The average molecular weight is 675 g/mol. The predicted octanol–water partition coefficient (Wildman–Crippen LogP) is 3.35. The number of imidazole rings is 1. The van der Waals surface area contributed by atoms with Crippen molar-refractivity contribution in [3.05, 3.63) is 81.8 Å². The Morgan fingerprint density at radius 1 is 0.958 bits per heavy atom. The molecular weight excluding hydrogens is 629 g/mol. The molecule has 14 heteroatoms. The second-order valence-electron chi connectivity index (χ2n) is 13.3. The molecule has 3 aromatic heterocycles. The summed E-state index contributed by atoms with van der Waals surface area (Å²) in [6, 6.07) is 8.58. The van der Waals surface area contributed by atoms with Crippen molar-refractivity contribution in [2.75, 3.05) is 13.1 Å². The normalized spacial score (nSPS) is 20.2. The highest BCUT2D eigenvalue weighted by Crippen LogP contribution is 2.26. The van der Waals surface area contributed by atoms with E-state index in [2.05, 4.69) is 39.9 Å². The third kappa shape index (κ3) is 9.13. The molecule has 4 heterocycles. The van der Waals surface area contributed by atoms with E-state index in [1.165, 1.54) is 11.3 Å². The van der Waals surface area contributed by atoms with E-state index in [0.717, 1.165) is 11.4 Å². The van der Waals surface area contributed by atoms with Crippen molar-refractivity contribution in [1.29, 1.82) is 0 Å². The van der Waals surface area contributed by atoms with Crippen molar-refractivity contribution in [1.82, 2.24) is 50.1 Å². The van der Waals surface area contributed by atoms with Crippen molar-refractivity contribution < 1.29 is 14.4 Å². The predicted molar refractivity (Wildman–Crippen MR) is 183 cm³/mol. The molecule has 0 saturated carbocycles. The van der Waals surface area contributed by atoms with Gasteiger partial charge in [-0.3, -0.25) is 19.3 Å². The number of nitrogens with one attached hydrogen (secondary N) is 3. The molecule has 1 aliphatic rings. The topological polar surface area (TPSA) is 152 Å². The van der Waals surface area contributed by atoms with E-state index in [1.807, 2.05) is 66.9 Å². The van der Waals surface area contributed by atoms with Gasteiger partial charge in [-0.25, -0.2) is 19.6 Å². The Kier molecular flexibility index (Phi) is 11.4. The van der Waals surface area contributed by atoms with Crippen LogP contribution in [0.15, 0.2) is 48.1 Å². The fourth-order valence-corrected chi connectivity index (χ4v) is 6.71. The van der Waals surface area contributed by atoms with Crippen LogP contribution in [0, 0.1) is 18.8 Å². The van der Waals surface area contributed by atoms with Gasteiger partial charge in [-0.2, -0.15) is 5.10 Å². The largest absolute Gasteiger partial charge is 0.350 e. The first kappa shape index (κ1) is 34.9. The van der Waals surface area contributed by atoms with Gasteiger partial charge in [0, 0.05) is 37.4 Å². The number of benzene rings is 1. The molecule has 0 saturated heterocycles. The quantitative estimate of drug-likeness (QED) is 0.270. The summed E-state index contributed by atoms with van der Waals surface area (Å²) in [6.45, 7) is 10.9. The van der Waals surface area contributed by atoms with Gasteiger partial charge in [0.05, 0.1) is 25.2 Å². The number of carbonyl (C=O) groups is 3. The summed E-state index contributed by atoms with van der Waals surface area (Å²) in [7, 11) is 1.92. The number of amides is 3. The molecule has 3 amide bonds. The maximum absolute atomic E-state index is 13.7. The minimum Gasteiger partial charge on any atom is -0.350 e. The monoisotopic (exact) mass is 674 g/mol. The van der Waals surface area contributed by atoms with Crippen LogP contribution in [0.2, 0.25) is 0 Å². The molecule has 0 radical (unpaired) electrons. The van der Waals surface area contributed by atoms with Gasteiger partial charge in [-0.1, -0.05) is 58.0 Å². The Balaban J connectivity index is 1.54. The van der Waals surface area contributed by atoms with Crippen molar-refractivity contribution in [3.63, 3.8) is 0 Å². The maximum atomic E-state index is 13.7. The highest BCUT2D eigenvalue weighted by molar-refractivity contribution is 7.09. The minimum absolute atomic E-state index is 0.0657. The Hall–Kier alpha value is -4.43. The lowest BCUT2D eigenvalue weighted by Gasteiger charge is -2.30. The molecule has 0 unspecified atom stereocenters. The van der Waals surface area contributed by atoms with E-state index in [1.54, 1.807) is 23.2 Å². The van der Waals surface area contributed by atoms with Crippen molar-refractivity contribution >= 4 is 29.1 Å². The van der Waals surface area contributed by atoms with Crippen LogP contribution < -0.4 is 16.0 Å². The van der Waals surface area contributed by atoms with Crippen LogP contribution in [0.25, 0.3) is 0 Å². The molecule has 0 fully saturated rings. The number of aryl methyl sites for hydroxylation is 2. The molecule has 0 aliphatic carbocycles.